The first-order valence-corrected chi connectivity index (χ1v) is 8.40. The van der Waals surface area contributed by atoms with Gasteiger partial charge < -0.3 is 9.47 Å². The monoisotopic (exact) mass is 341 g/mol. The average molecular weight is 342 g/mol. The zero-order valence-corrected chi connectivity index (χ0v) is 13.5. The first kappa shape index (κ1) is 16.8. The van der Waals surface area contributed by atoms with Gasteiger partial charge in [0.2, 0.25) is 10.0 Å². The second-order valence-corrected chi connectivity index (χ2v) is 6.57. The van der Waals surface area contributed by atoms with Gasteiger partial charge in [0.25, 0.3) is 0 Å². The normalized spacial score (nSPS) is 11.4. The molecule has 0 saturated heterocycles. The first-order valence-electron chi connectivity index (χ1n) is 6.54. The van der Waals surface area contributed by atoms with Crippen LogP contribution in [0, 0.1) is 0 Å². The van der Waals surface area contributed by atoms with Crippen LogP contribution in [-0.4, -0.2) is 28.7 Å². The number of hydrogen-bond donors (Lipinski definition) is 1. The molecule has 2 rings (SSSR count). The third kappa shape index (κ3) is 4.45. The Morgan fingerprint density at radius 1 is 1.09 bits per heavy atom. The number of sulfonamides is 1. The van der Waals surface area contributed by atoms with Crippen molar-refractivity contribution in [2.24, 2.45) is 0 Å². The van der Waals surface area contributed by atoms with E-state index < -0.39 is 10.0 Å². The van der Waals surface area contributed by atoms with Gasteiger partial charge in [-0.3, -0.25) is 0 Å². The summed E-state index contributed by atoms with van der Waals surface area (Å²) < 4.78 is 36.9. The van der Waals surface area contributed by atoms with Crippen molar-refractivity contribution in [2.75, 3.05) is 20.3 Å². The Bertz CT molecular complexity index is 717. The number of benzene rings is 2. The van der Waals surface area contributed by atoms with E-state index >= 15 is 0 Å². The van der Waals surface area contributed by atoms with Gasteiger partial charge in [0.1, 0.15) is 11.5 Å². The van der Waals surface area contributed by atoms with Crippen molar-refractivity contribution in [1.82, 2.24) is 4.72 Å². The van der Waals surface area contributed by atoms with Crippen molar-refractivity contribution in [3.63, 3.8) is 0 Å². The molecule has 0 aliphatic carbocycles. The summed E-state index contributed by atoms with van der Waals surface area (Å²) in [4.78, 5) is 0.162. The molecule has 0 aliphatic heterocycles. The van der Waals surface area contributed by atoms with Crippen molar-refractivity contribution >= 4 is 21.6 Å². The third-order valence-electron chi connectivity index (χ3n) is 2.80. The van der Waals surface area contributed by atoms with Crippen molar-refractivity contribution < 1.29 is 17.9 Å². The zero-order valence-electron chi connectivity index (χ0n) is 12.0. The topological polar surface area (TPSA) is 64.6 Å². The first-order chi connectivity index (χ1) is 10.5. The lowest BCUT2D eigenvalue weighted by atomic mass is 10.3. The maximum atomic E-state index is 12.0. The Morgan fingerprint density at radius 3 is 2.41 bits per heavy atom. The molecule has 7 heteroatoms. The molecule has 5 nitrogen and oxygen atoms in total. The van der Waals surface area contributed by atoms with Crippen LogP contribution in [0.25, 0.3) is 0 Å². The van der Waals surface area contributed by atoms with E-state index in [2.05, 4.69) is 4.72 Å². The zero-order chi connectivity index (χ0) is 16.0. The molecule has 0 atom stereocenters. The minimum Gasteiger partial charge on any atom is -0.456 e. The molecule has 0 aliphatic rings. The molecule has 0 aromatic heterocycles. The molecule has 1 N–H and O–H groups in total. The number of rotatable bonds is 7. The van der Waals surface area contributed by atoms with Crippen molar-refractivity contribution in [3.05, 3.63) is 53.6 Å². The highest BCUT2D eigenvalue weighted by atomic mass is 35.5. The molecule has 0 radical (unpaired) electrons. The van der Waals surface area contributed by atoms with E-state index in [4.69, 9.17) is 21.1 Å². The minimum atomic E-state index is -3.54. The van der Waals surface area contributed by atoms with E-state index in [0.29, 0.717) is 23.1 Å². The van der Waals surface area contributed by atoms with E-state index in [1.165, 1.54) is 19.2 Å². The summed E-state index contributed by atoms with van der Waals surface area (Å²) in [6.45, 7) is 0.531. The third-order valence-corrected chi connectivity index (χ3v) is 4.59. The maximum absolute atomic E-state index is 12.0. The maximum Gasteiger partial charge on any atom is 0.240 e. The molecule has 22 heavy (non-hydrogen) atoms. The van der Waals surface area contributed by atoms with Gasteiger partial charge in [-0.2, -0.15) is 0 Å². The van der Waals surface area contributed by atoms with Gasteiger partial charge in [0, 0.05) is 13.7 Å². The van der Waals surface area contributed by atoms with E-state index in [1.54, 1.807) is 36.4 Å². The number of hydrogen-bond acceptors (Lipinski definition) is 4. The number of para-hydroxylation sites is 1. The average Bonchev–Trinajstić information content (AvgIpc) is 2.50. The van der Waals surface area contributed by atoms with Crippen LogP contribution in [0.5, 0.6) is 11.5 Å². The van der Waals surface area contributed by atoms with Crippen molar-refractivity contribution in [2.45, 2.75) is 4.90 Å². The standard InChI is InChI=1S/C15H16ClNO4S/c1-20-11-10-17-22(18,19)13-8-6-12(7-9-13)21-15-5-3-2-4-14(15)16/h2-9,17H,10-11H2,1H3. The van der Waals surface area contributed by atoms with Crippen molar-refractivity contribution in [1.29, 1.82) is 0 Å². The molecule has 0 fully saturated rings. The molecule has 0 heterocycles. The van der Waals surface area contributed by atoms with Crippen LogP contribution < -0.4 is 9.46 Å². The van der Waals surface area contributed by atoms with Crippen LogP contribution in [0.3, 0.4) is 0 Å². The Kier molecular flexibility index (Phi) is 5.79. The SMILES string of the molecule is COCCNS(=O)(=O)c1ccc(Oc2ccccc2Cl)cc1. The highest BCUT2D eigenvalue weighted by molar-refractivity contribution is 7.89. The molecule has 0 bridgehead atoms. The molecule has 118 valence electrons. The molecule has 2 aromatic carbocycles. The lowest BCUT2D eigenvalue weighted by Gasteiger charge is -2.09. The Hall–Kier alpha value is -1.60. The highest BCUT2D eigenvalue weighted by Gasteiger charge is 2.13. The predicted molar refractivity (Wildman–Crippen MR) is 85.0 cm³/mol. The lowest BCUT2D eigenvalue weighted by Crippen LogP contribution is -2.27. The largest absolute Gasteiger partial charge is 0.456 e. The van der Waals surface area contributed by atoms with E-state index in [-0.39, 0.29) is 11.4 Å². The summed E-state index contributed by atoms with van der Waals surface area (Å²) >= 11 is 6.01. The van der Waals surface area contributed by atoms with Crippen LogP contribution in [0.4, 0.5) is 0 Å². The fourth-order valence-corrected chi connectivity index (χ4v) is 2.89. The number of halogens is 1. The Labute approximate surface area is 134 Å². The predicted octanol–water partition coefficient (Wildman–Crippen LogP) is 3.06. The van der Waals surface area contributed by atoms with Crippen LogP contribution >= 0.6 is 11.6 Å². The van der Waals surface area contributed by atoms with Gasteiger partial charge in [0.05, 0.1) is 16.5 Å². The highest BCUT2D eigenvalue weighted by Crippen LogP contribution is 2.29. The molecule has 0 unspecified atom stereocenters. The summed E-state index contributed by atoms with van der Waals surface area (Å²) in [5.74, 6) is 1.02. The summed E-state index contributed by atoms with van der Waals surface area (Å²) in [6.07, 6.45) is 0. The van der Waals surface area contributed by atoms with Crippen LogP contribution in [-0.2, 0) is 14.8 Å². The summed E-state index contributed by atoms with van der Waals surface area (Å²) in [5.41, 5.74) is 0. The molecular weight excluding hydrogens is 326 g/mol. The smallest absolute Gasteiger partial charge is 0.240 e. The van der Waals surface area contributed by atoms with Gasteiger partial charge in [-0.1, -0.05) is 23.7 Å². The fraction of sp³-hybridized carbons (Fsp3) is 0.200. The van der Waals surface area contributed by atoms with Crippen LogP contribution in [0.2, 0.25) is 5.02 Å². The van der Waals surface area contributed by atoms with Gasteiger partial charge in [-0.05, 0) is 36.4 Å². The molecule has 0 amide bonds. The summed E-state index contributed by atoms with van der Waals surface area (Å²) in [7, 11) is -2.03. The number of methoxy groups -OCH3 is 1. The lowest BCUT2D eigenvalue weighted by molar-refractivity contribution is 0.204. The summed E-state index contributed by atoms with van der Waals surface area (Å²) in [5, 5.41) is 0.487. The Morgan fingerprint density at radius 2 is 1.77 bits per heavy atom. The number of nitrogens with one attached hydrogen (secondary N) is 1. The van der Waals surface area contributed by atoms with E-state index in [1.807, 2.05) is 0 Å². The number of ether oxygens (including phenoxy) is 2. The molecular formula is C15H16ClNO4S. The van der Waals surface area contributed by atoms with Crippen LogP contribution in [0.1, 0.15) is 0 Å². The molecule has 0 saturated carbocycles. The van der Waals surface area contributed by atoms with E-state index in [9.17, 15) is 8.42 Å². The molecule has 0 spiro atoms. The van der Waals surface area contributed by atoms with Gasteiger partial charge in [0.15, 0.2) is 0 Å². The Balaban J connectivity index is 2.09. The van der Waals surface area contributed by atoms with Crippen molar-refractivity contribution in [3.8, 4) is 11.5 Å². The van der Waals surface area contributed by atoms with Gasteiger partial charge in [-0.15, -0.1) is 0 Å². The summed E-state index contributed by atoms with van der Waals surface area (Å²) in [6, 6.07) is 13.2. The second-order valence-electron chi connectivity index (χ2n) is 4.39. The minimum absolute atomic E-state index is 0.162. The second kappa shape index (κ2) is 7.60. The van der Waals surface area contributed by atoms with E-state index in [0.717, 1.165) is 0 Å². The fourth-order valence-electron chi connectivity index (χ4n) is 1.70. The molecule has 2 aromatic rings. The van der Waals surface area contributed by atoms with Gasteiger partial charge >= 0.3 is 0 Å². The van der Waals surface area contributed by atoms with Gasteiger partial charge in [-0.25, -0.2) is 13.1 Å². The van der Waals surface area contributed by atoms with Crippen LogP contribution in [0.15, 0.2) is 53.4 Å². The quantitative estimate of drug-likeness (QED) is 0.786.